The van der Waals surface area contributed by atoms with E-state index in [1.165, 1.54) is 6.92 Å². The van der Waals surface area contributed by atoms with Crippen molar-refractivity contribution >= 4 is 17.4 Å². The summed E-state index contributed by atoms with van der Waals surface area (Å²) in [6.45, 7) is 3.81. The van der Waals surface area contributed by atoms with E-state index in [1.807, 2.05) is 31.0 Å². The predicted molar refractivity (Wildman–Crippen MR) is 112 cm³/mol. The zero-order valence-corrected chi connectivity index (χ0v) is 17.7. The molecule has 0 aromatic heterocycles. The second-order valence-electron chi connectivity index (χ2n) is 6.71. The molecule has 2 rings (SSSR count). The van der Waals surface area contributed by atoms with Gasteiger partial charge in [0.1, 0.15) is 0 Å². The number of hydrogen-bond acceptors (Lipinski definition) is 6. The minimum atomic E-state index is -0.403. The van der Waals surface area contributed by atoms with Gasteiger partial charge in [0.15, 0.2) is 17.3 Å². The molecule has 1 unspecified atom stereocenters. The Labute approximate surface area is 171 Å². The SMILES string of the molecule is COc1ccc(CN(C)C(C)C(=O)Nc2ccc(C(C)=O)cc2)c(OC)c1OC. The second-order valence-corrected chi connectivity index (χ2v) is 6.71. The topological polar surface area (TPSA) is 77.1 Å². The van der Waals surface area contributed by atoms with Crippen molar-refractivity contribution in [3.8, 4) is 17.2 Å². The number of amides is 1. The molecular formula is C22H28N2O5. The Balaban J connectivity index is 2.10. The summed E-state index contributed by atoms with van der Waals surface area (Å²) in [7, 11) is 6.56. The largest absolute Gasteiger partial charge is 0.493 e. The molecule has 2 aromatic rings. The lowest BCUT2D eigenvalue weighted by atomic mass is 10.1. The number of rotatable bonds is 9. The van der Waals surface area contributed by atoms with E-state index in [0.717, 1.165) is 5.56 Å². The molecule has 1 amide bonds. The highest BCUT2D eigenvalue weighted by Crippen LogP contribution is 2.40. The second kappa shape index (κ2) is 9.93. The molecule has 0 saturated carbocycles. The van der Waals surface area contributed by atoms with Gasteiger partial charge < -0.3 is 19.5 Å². The lowest BCUT2D eigenvalue weighted by Crippen LogP contribution is -2.39. The van der Waals surface area contributed by atoms with Crippen LogP contribution < -0.4 is 19.5 Å². The number of methoxy groups -OCH3 is 3. The summed E-state index contributed by atoms with van der Waals surface area (Å²) in [5, 5.41) is 2.88. The zero-order chi connectivity index (χ0) is 21.6. The van der Waals surface area contributed by atoms with E-state index in [2.05, 4.69) is 5.32 Å². The van der Waals surface area contributed by atoms with Crippen LogP contribution in [0.3, 0.4) is 0 Å². The van der Waals surface area contributed by atoms with Gasteiger partial charge in [-0.05, 0) is 51.2 Å². The number of nitrogens with zero attached hydrogens (tertiary/aromatic N) is 1. The van der Waals surface area contributed by atoms with Gasteiger partial charge >= 0.3 is 0 Å². The molecule has 0 radical (unpaired) electrons. The van der Waals surface area contributed by atoms with Crippen LogP contribution in [0.15, 0.2) is 36.4 Å². The summed E-state index contributed by atoms with van der Waals surface area (Å²) in [6, 6.07) is 10.1. The van der Waals surface area contributed by atoms with Gasteiger partial charge in [0.05, 0.1) is 27.4 Å². The Bertz CT molecular complexity index is 864. The van der Waals surface area contributed by atoms with Gasteiger partial charge in [-0.25, -0.2) is 0 Å². The number of benzene rings is 2. The smallest absolute Gasteiger partial charge is 0.241 e. The van der Waals surface area contributed by atoms with Gasteiger partial charge in [-0.3, -0.25) is 14.5 Å². The highest BCUT2D eigenvalue weighted by atomic mass is 16.5. The maximum atomic E-state index is 12.6. The third-order valence-corrected chi connectivity index (χ3v) is 4.81. The summed E-state index contributed by atoms with van der Waals surface area (Å²) in [6.07, 6.45) is 0. The Hall–Kier alpha value is -3.06. The fraction of sp³-hybridized carbons (Fsp3) is 0.364. The van der Waals surface area contributed by atoms with Crippen LogP contribution in [-0.4, -0.2) is 51.0 Å². The van der Waals surface area contributed by atoms with Crippen LogP contribution in [0.4, 0.5) is 5.69 Å². The molecule has 29 heavy (non-hydrogen) atoms. The molecule has 156 valence electrons. The van der Waals surface area contributed by atoms with Crippen molar-refractivity contribution < 1.29 is 23.8 Å². The molecule has 7 nitrogen and oxygen atoms in total. The normalized spacial score (nSPS) is 11.7. The van der Waals surface area contributed by atoms with Gasteiger partial charge in [0.25, 0.3) is 0 Å². The first kappa shape index (κ1) is 22.2. The van der Waals surface area contributed by atoms with Crippen LogP contribution in [0.2, 0.25) is 0 Å². The molecule has 0 bridgehead atoms. The van der Waals surface area contributed by atoms with Gasteiger partial charge in [0, 0.05) is 23.4 Å². The van der Waals surface area contributed by atoms with E-state index in [0.29, 0.717) is 35.0 Å². The van der Waals surface area contributed by atoms with Crippen molar-refractivity contribution in [2.45, 2.75) is 26.4 Å². The Morgan fingerprint density at radius 1 is 0.966 bits per heavy atom. The van der Waals surface area contributed by atoms with Crippen LogP contribution in [0, 0.1) is 0 Å². The lowest BCUT2D eigenvalue weighted by molar-refractivity contribution is -0.120. The molecule has 0 aliphatic rings. The van der Waals surface area contributed by atoms with E-state index in [9.17, 15) is 9.59 Å². The number of ketones is 1. The van der Waals surface area contributed by atoms with E-state index in [1.54, 1.807) is 45.6 Å². The number of hydrogen-bond donors (Lipinski definition) is 1. The molecule has 0 aliphatic heterocycles. The Kier molecular flexibility index (Phi) is 7.61. The monoisotopic (exact) mass is 400 g/mol. The maximum absolute atomic E-state index is 12.6. The molecule has 2 aromatic carbocycles. The first-order valence-corrected chi connectivity index (χ1v) is 9.22. The molecule has 0 aliphatic carbocycles. The van der Waals surface area contributed by atoms with Crippen LogP contribution in [0.5, 0.6) is 17.2 Å². The quantitative estimate of drug-likeness (QED) is 0.651. The molecule has 1 atom stereocenters. The Morgan fingerprint density at radius 3 is 2.10 bits per heavy atom. The van der Waals surface area contributed by atoms with Gasteiger partial charge in [0.2, 0.25) is 11.7 Å². The standard InChI is InChI=1S/C22H28N2O5/c1-14(22(26)23-18-10-7-16(8-11-18)15(2)25)24(3)13-17-9-12-19(27-4)21(29-6)20(17)28-5/h7-12,14H,13H2,1-6H3,(H,23,26). The van der Waals surface area contributed by atoms with Gasteiger partial charge in [-0.2, -0.15) is 0 Å². The summed E-state index contributed by atoms with van der Waals surface area (Å²) < 4.78 is 16.2. The highest BCUT2D eigenvalue weighted by Gasteiger charge is 2.22. The van der Waals surface area contributed by atoms with Crippen molar-refractivity contribution in [1.29, 1.82) is 0 Å². The van der Waals surface area contributed by atoms with Crippen LogP contribution in [0.25, 0.3) is 0 Å². The van der Waals surface area contributed by atoms with Gasteiger partial charge in [-0.1, -0.05) is 6.07 Å². The number of Topliss-reactive ketones (excluding diaryl/α,β-unsaturated/α-hetero) is 1. The molecule has 0 saturated heterocycles. The fourth-order valence-corrected chi connectivity index (χ4v) is 2.93. The first-order chi connectivity index (χ1) is 13.8. The minimum absolute atomic E-state index is 0.0140. The summed E-state index contributed by atoms with van der Waals surface area (Å²) in [4.78, 5) is 25.9. The third-order valence-electron chi connectivity index (χ3n) is 4.81. The molecule has 1 N–H and O–H groups in total. The molecular weight excluding hydrogens is 372 g/mol. The average Bonchev–Trinajstić information content (AvgIpc) is 2.72. The van der Waals surface area contributed by atoms with Crippen LogP contribution in [-0.2, 0) is 11.3 Å². The molecule has 0 spiro atoms. The van der Waals surface area contributed by atoms with Crippen molar-refractivity contribution in [2.24, 2.45) is 0 Å². The zero-order valence-electron chi connectivity index (χ0n) is 17.7. The number of anilines is 1. The number of ether oxygens (including phenoxy) is 3. The minimum Gasteiger partial charge on any atom is -0.493 e. The summed E-state index contributed by atoms with van der Waals surface area (Å²) >= 11 is 0. The van der Waals surface area contributed by atoms with Crippen LogP contribution in [0.1, 0.15) is 29.8 Å². The third kappa shape index (κ3) is 5.26. The van der Waals surface area contributed by atoms with Crippen molar-refractivity contribution in [3.63, 3.8) is 0 Å². The fourth-order valence-electron chi connectivity index (χ4n) is 2.93. The van der Waals surface area contributed by atoms with Crippen molar-refractivity contribution in [1.82, 2.24) is 4.90 Å². The number of nitrogens with one attached hydrogen (secondary N) is 1. The lowest BCUT2D eigenvalue weighted by Gasteiger charge is -2.25. The Morgan fingerprint density at radius 2 is 1.59 bits per heavy atom. The van der Waals surface area contributed by atoms with E-state index >= 15 is 0 Å². The molecule has 0 heterocycles. The molecule has 0 fully saturated rings. The summed E-state index contributed by atoms with van der Waals surface area (Å²) in [5.74, 6) is 1.51. The first-order valence-electron chi connectivity index (χ1n) is 9.22. The van der Waals surface area contributed by atoms with Crippen molar-refractivity contribution in [3.05, 3.63) is 47.5 Å². The van der Waals surface area contributed by atoms with Gasteiger partial charge in [-0.15, -0.1) is 0 Å². The van der Waals surface area contributed by atoms with E-state index in [-0.39, 0.29) is 11.7 Å². The highest BCUT2D eigenvalue weighted by molar-refractivity contribution is 5.96. The number of carbonyl (C=O) groups is 2. The maximum Gasteiger partial charge on any atom is 0.241 e. The van der Waals surface area contributed by atoms with E-state index in [4.69, 9.17) is 14.2 Å². The van der Waals surface area contributed by atoms with Crippen LogP contribution >= 0.6 is 0 Å². The number of likely N-dealkylation sites (N-methyl/N-ethyl adjacent to an activating group) is 1. The average molecular weight is 400 g/mol. The number of carbonyl (C=O) groups excluding carboxylic acids is 2. The summed E-state index contributed by atoms with van der Waals surface area (Å²) in [5.41, 5.74) is 2.12. The molecule has 7 heteroatoms. The van der Waals surface area contributed by atoms with Crippen molar-refractivity contribution in [2.75, 3.05) is 33.7 Å². The van der Waals surface area contributed by atoms with E-state index < -0.39 is 6.04 Å². The predicted octanol–water partition coefficient (Wildman–Crippen LogP) is 3.37.